The molecule has 0 aromatic heterocycles. The molecule has 0 amide bonds. The van der Waals surface area contributed by atoms with Crippen LogP contribution < -0.4 is 21.3 Å². The molecule has 0 fully saturated rings. The van der Waals surface area contributed by atoms with Crippen LogP contribution in [0.15, 0.2) is 145 Å². The monoisotopic (exact) mass is 666 g/mol. The summed E-state index contributed by atoms with van der Waals surface area (Å²) in [6, 6.07) is 33.9. The maximum atomic E-state index is 6.72. The second-order valence-corrected chi connectivity index (χ2v) is 13.6. The maximum absolute atomic E-state index is 6.72. The van der Waals surface area contributed by atoms with Gasteiger partial charge in [-0.2, -0.15) is 0 Å². The molecule has 258 valence electrons. The van der Waals surface area contributed by atoms with Crippen molar-refractivity contribution in [3.05, 3.63) is 167 Å². The molecule has 0 saturated carbocycles. The Morgan fingerprint density at radius 3 is 1.12 bits per heavy atom. The summed E-state index contributed by atoms with van der Waals surface area (Å²) in [4.78, 5) is 0. The van der Waals surface area contributed by atoms with E-state index in [2.05, 4.69) is 182 Å². The molecule has 6 nitrogen and oxygen atoms in total. The summed E-state index contributed by atoms with van der Waals surface area (Å²) >= 11 is 0. The molecular weight excluding hydrogens is 617 g/mol. The molecule has 0 radical (unpaired) electrons. The predicted octanol–water partition coefficient (Wildman–Crippen LogP) is 10.6. The molecule has 0 heterocycles. The van der Waals surface area contributed by atoms with Gasteiger partial charge >= 0.3 is 0 Å². The van der Waals surface area contributed by atoms with Crippen molar-refractivity contribution < 1.29 is 9.47 Å². The number of aryl methyl sites for hydroxylation is 4. The van der Waals surface area contributed by atoms with E-state index < -0.39 is 11.4 Å². The normalized spacial score (nSPS) is 19.8. The number of unbranched alkanes of at least 4 members (excludes halogenated alkanes) is 1. The van der Waals surface area contributed by atoms with Crippen LogP contribution >= 0.6 is 0 Å². The number of ether oxygens (including phenoxy) is 2. The van der Waals surface area contributed by atoms with Crippen LogP contribution in [0.2, 0.25) is 0 Å². The number of hydrogen-bond acceptors (Lipinski definition) is 6. The minimum absolute atomic E-state index is 0.582. The number of anilines is 4. The smallest absolute Gasteiger partial charge is 0.163 e. The molecule has 4 aromatic rings. The van der Waals surface area contributed by atoms with E-state index in [-0.39, 0.29) is 0 Å². The Morgan fingerprint density at radius 2 is 0.780 bits per heavy atom. The highest BCUT2D eigenvalue weighted by Crippen LogP contribution is 2.32. The van der Waals surface area contributed by atoms with Crippen LogP contribution in [-0.4, -0.2) is 24.7 Å². The first-order valence-corrected chi connectivity index (χ1v) is 17.7. The predicted molar refractivity (Wildman–Crippen MR) is 209 cm³/mol. The Kier molecular flexibility index (Phi) is 11.2. The van der Waals surface area contributed by atoms with Crippen LogP contribution in [-0.2, 0) is 9.47 Å². The van der Waals surface area contributed by atoms with Gasteiger partial charge < -0.3 is 30.7 Å². The number of benzene rings is 4. The van der Waals surface area contributed by atoms with E-state index in [1.807, 2.05) is 0 Å². The lowest BCUT2D eigenvalue weighted by molar-refractivity contribution is -0.00889. The molecule has 0 aliphatic heterocycles. The van der Waals surface area contributed by atoms with Crippen LogP contribution in [0, 0.1) is 27.7 Å². The van der Waals surface area contributed by atoms with Crippen molar-refractivity contribution in [1.29, 1.82) is 0 Å². The lowest BCUT2D eigenvalue weighted by Gasteiger charge is -2.36. The third-order valence-corrected chi connectivity index (χ3v) is 9.02. The van der Waals surface area contributed by atoms with Gasteiger partial charge in [-0.15, -0.1) is 0 Å². The molecule has 2 atom stereocenters. The Morgan fingerprint density at radius 1 is 0.460 bits per heavy atom. The van der Waals surface area contributed by atoms with Crippen LogP contribution in [0.5, 0.6) is 0 Å². The molecule has 2 aliphatic rings. The van der Waals surface area contributed by atoms with E-state index in [0.717, 1.165) is 47.0 Å². The number of rotatable bonds is 15. The van der Waals surface area contributed by atoms with Gasteiger partial charge in [0.25, 0.3) is 0 Å². The Hall–Kier alpha value is -5.04. The molecule has 2 unspecified atom stereocenters. The third-order valence-electron chi connectivity index (χ3n) is 9.02. The first-order chi connectivity index (χ1) is 24.3. The first-order valence-electron chi connectivity index (χ1n) is 17.7. The lowest BCUT2D eigenvalue weighted by atomic mass is 9.99. The molecular formula is C44H50N4O2. The van der Waals surface area contributed by atoms with Crippen LogP contribution in [0.3, 0.4) is 0 Å². The Labute approximate surface area is 298 Å². The van der Waals surface area contributed by atoms with Crippen molar-refractivity contribution in [3.8, 4) is 0 Å². The fraction of sp³-hybridized carbons (Fsp3) is 0.273. The van der Waals surface area contributed by atoms with Gasteiger partial charge in [-0.1, -0.05) is 82.9 Å². The molecule has 4 aromatic carbocycles. The summed E-state index contributed by atoms with van der Waals surface area (Å²) in [7, 11) is 0. The number of allylic oxidation sites excluding steroid dienone is 4. The highest BCUT2D eigenvalue weighted by molar-refractivity contribution is 5.55. The van der Waals surface area contributed by atoms with Crippen molar-refractivity contribution in [1.82, 2.24) is 0 Å². The number of nitrogens with one attached hydrogen (secondary N) is 4. The Balaban J connectivity index is 1.08. The Bertz CT molecular complexity index is 1690. The van der Waals surface area contributed by atoms with E-state index in [1.165, 1.54) is 22.3 Å². The van der Waals surface area contributed by atoms with E-state index in [1.54, 1.807) is 0 Å². The van der Waals surface area contributed by atoms with Crippen LogP contribution in [0.25, 0.3) is 0 Å². The third kappa shape index (κ3) is 9.78. The van der Waals surface area contributed by atoms with Gasteiger partial charge in [0.1, 0.15) is 0 Å². The maximum Gasteiger partial charge on any atom is 0.163 e. The summed E-state index contributed by atoms with van der Waals surface area (Å²) in [5, 5.41) is 14.6. The van der Waals surface area contributed by atoms with Crippen molar-refractivity contribution in [3.63, 3.8) is 0 Å². The zero-order valence-electron chi connectivity index (χ0n) is 29.8. The van der Waals surface area contributed by atoms with Gasteiger partial charge in [0.05, 0.1) is 0 Å². The van der Waals surface area contributed by atoms with Gasteiger partial charge in [-0.3, -0.25) is 0 Å². The quantitative estimate of drug-likeness (QED) is 0.0748. The SMILES string of the molecule is Cc1ccc(NC2=CC=CC(Nc3ccc(C)cc3)(OCCCCOC3(Nc4ccc(C)cc4)C=CC=C(Nc4ccc(C)cc4)C3)C2)cc1. The van der Waals surface area contributed by atoms with Crippen LogP contribution in [0.4, 0.5) is 22.7 Å². The molecule has 0 bridgehead atoms. The van der Waals surface area contributed by atoms with Crippen molar-refractivity contribution in [2.75, 3.05) is 34.5 Å². The topological polar surface area (TPSA) is 66.6 Å². The van der Waals surface area contributed by atoms with Crippen molar-refractivity contribution in [2.24, 2.45) is 0 Å². The lowest BCUT2D eigenvalue weighted by Crippen LogP contribution is -2.42. The largest absolute Gasteiger partial charge is 0.359 e. The molecule has 50 heavy (non-hydrogen) atoms. The highest BCUT2D eigenvalue weighted by atomic mass is 16.5. The van der Waals surface area contributed by atoms with E-state index in [9.17, 15) is 0 Å². The molecule has 4 N–H and O–H groups in total. The summed E-state index contributed by atoms with van der Waals surface area (Å²) < 4.78 is 13.4. The molecule has 6 heteroatoms. The van der Waals surface area contributed by atoms with Crippen molar-refractivity contribution in [2.45, 2.75) is 64.8 Å². The zero-order chi connectivity index (χ0) is 34.8. The molecule has 6 rings (SSSR count). The second kappa shape index (κ2) is 16.1. The van der Waals surface area contributed by atoms with E-state index in [4.69, 9.17) is 9.47 Å². The molecule has 2 aliphatic carbocycles. The minimum atomic E-state index is -0.681. The van der Waals surface area contributed by atoms with E-state index >= 15 is 0 Å². The molecule has 0 saturated heterocycles. The van der Waals surface area contributed by atoms with Gasteiger partial charge in [-0.25, -0.2) is 0 Å². The average Bonchev–Trinajstić information content (AvgIpc) is 3.11. The van der Waals surface area contributed by atoms with Crippen molar-refractivity contribution >= 4 is 22.7 Å². The average molecular weight is 667 g/mol. The fourth-order valence-corrected chi connectivity index (χ4v) is 6.17. The standard InChI is InChI=1S/C44H50N4O2/c1-33-11-19-37(20-12-33)45-41-9-7-27-43(31-41,47-39-23-15-35(3)16-24-39)49-29-5-6-30-50-44(48-40-25-17-36(4)18-26-40)28-8-10-42(32-44)46-38-21-13-34(2)14-22-38/h7-28,45-48H,5-6,29-32H2,1-4H3. The summed E-state index contributed by atoms with van der Waals surface area (Å²) in [6.07, 6.45) is 15.7. The summed E-state index contributed by atoms with van der Waals surface area (Å²) in [5.74, 6) is 0. The van der Waals surface area contributed by atoms with E-state index in [0.29, 0.717) is 26.1 Å². The molecule has 0 spiro atoms. The second-order valence-electron chi connectivity index (χ2n) is 13.6. The van der Waals surface area contributed by atoms with Gasteiger partial charge in [0.15, 0.2) is 11.4 Å². The van der Waals surface area contributed by atoms with Gasteiger partial charge in [0, 0.05) is 60.2 Å². The number of hydrogen-bond donors (Lipinski definition) is 4. The first kappa shape index (κ1) is 34.8. The van der Waals surface area contributed by atoms with Gasteiger partial charge in [0.2, 0.25) is 0 Å². The highest BCUT2D eigenvalue weighted by Gasteiger charge is 2.33. The van der Waals surface area contributed by atoms with Crippen LogP contribution in [0.1, 0.15) is 47.9 Å². The minimum Gasteiger partial charge on any atom is -0.359 e. The summed E-state index contributed by atoms with van der Waals surface area (Å²) in [6.45, 7) is 9.58. The zero-order valence-corrected chi connectivity index (χ0v) is 29.8. The summed E-state index contributed by atoms with van der Waals surface area (Å²) in [5.41, 5.74) is 9.93. The van der Waals surface area contributed by atoms with Gasteiger partial charge in [-0.05, 0) is 113 Å². The fourth-order valence-electron chi connectivity index (χ4n) is 6.17.